The molecule has 1 aromatic rings. The fourth-order valence-electron chi connectivity index (χ4n) is 5.90. The van der Waals surface area contributed by atoms with Gasteiger partial charge in [-0.3, -0.25) is 14.4 Å². The average molecular weight is 602 g/mol. The number of nitrogens with one attached hydrogen (secondary N) is 1. The van der Waals surface area contributed by atoms with Crippen molar-refractivity contribution in [3.8, 4) is 11.5 Å². The van der Waals surface area contributed by atoms with Crippen LogP contribution in [-0.2, 0) is 30.3 Å². The summed E-state index contributed by atoms with van der Waals surface area (Å²) in [6.07, 6.45) is 5.38. The van der Waals surface area contributed by atoms with Gasteiger partial charge in [-0.1, -0.05) is 6.07 Å². The van der Waals surface area contributed by atoms with E-state index in [1.165, 1.54) is 7.11 Å². The monoisotopic (exact) mass is 601 g/mol. The van der Waals surface area contributed by atoms with Crippen molar-refractivity contribution in [2.45, 2.75) is 90.2 Å². The number of benzene rings is 1. The van der Waals surface area contributed by atoms with Crippen LogP contribution < -0.4 is 14.8 Å². The molecule has 1 aromatic carbocycles. The zero-order valence-corrected chi connectivity index (χ0v) is 26.0. The second-order valence-electron chi connectivity index (χ2n) is 12.8. The Labute approximate surface area is 254 Å². The molecule has 11 nitrogen and oxygen atoms in total. The fourth-order valence-corrected chi connectivity index (χ4v) is 5.90. The van der Waals surface area contributed by atoms with E-state index in [0.717, 1.165) is 31.2 Å². The molecule has 4 rings (SSSR count). The first-order chi connectivity index (χ1) is 20.5. The van der Waals surface area contributed by atoms with Crippen LogP contribution in [-0.4, -0.2) is 85.4 Å². The lowest BCUT2D eigenvalue weighted by Gasteiger charge is -2.35. The zero-order valence-electron chi connectivity index (χ0n) is 26.0. The van der Waals surface area contributed by atoms with Crippen molar-refractivity contribution in [1.82, 2.24) is 15.1 Å². The molecule has 2 atom stereocenters. The molecule has 0 aromatic heterocycles. The number of fused-ring (bicyclic) bond motifs is 1. The zero-order chi connectivity index (χ0) is 31.0. The lowest BCUT2D eigenvalue weighted by Crippen LogP contribution is -2.48. The number of hydrogen-bond donors (Lipinski definition) is 1. The highest BCUT2D eigenvalue weighted by molar-refractivity contribution is 5.82. The van der Waals surface area contributed by atoms with E-state index in [-0.39, 0.29) is 49.1 Å². The molecule has 11 heteroatoms. The van der Waals surface area contributed by atoms with Crippen LogP contribution in [0.3, 0.4) is 0 Å². The number of likely N-dealkylation sites (tertiary alicyclic amines) is 2. The molecular weight excluding hydrogens is 554 g/mol. The van der Waals surface area contributed by atoms with Crippen LogP contribution in [0, 0.1) is 11.8 Å². The molecule has 0 spiro atoms. The maximum atomic E-state index is 13.3. The molecule has 43 heavy (non-hydrogen) atoms. The summed E-state index contributed by atoms with van der Waals surface area (Å²) in [5.74, 6) is 1.03. The Kier molecular flexibility index (Phi) is 11.2. The Morgan fingerprint density at radius 2 is 1.77 bits per heavy atom. The molecule has 1 N–H and O–H groups in total. The lowest BCUT2D eigenvalue weighted by molar-refractivity contribution is -0.141. The van der Waals surface area contributed by atoms with Crippen molar-refractivity contribution in [1.29, 1.82) is 0 Å². The topological polar surface area (TPSA) is 124 Å². The molecule has 0 aliphatic carbocycles. The van der Waals surface area contributed by atoms with Crippen molar-refractivity contribution in [2.75, 3.05) is 40.1 Å². The van der Waals surface area contributed by atoms with Crippen molar-refractivity contribution in [3.05, 3.63) is 23.8 Å². The van der Waals surface area contributed by atoms with Crippen molar-refractivity contribution in [2.24, 2.45) is 11.8 Å². The van der Waals surface area contributed by atoms with Gasteiger partial charge >= 0.3 is 12.1 Å². The number of ether oxygens (including phenoxy) is 4. The second kappa shape index (κ2) is 14.8. The quantitative estimate of drug-likeness (QED) is 0.399. The standard InChI is InChI=1S/C32H47N3O8/c1-32(2,3)43-31(39)34-16-13-22(14-17-34)9-12-28(36)35-15-5-6-24(20-35)30(38)33-25(19-29(37)40-4)10-7-23-8-11-26-27(18-23)42-21-41-26/h8,11,18,22,24-25H,5-7,9-10,12-17,19-21H2,1-4H3,(H,33,38)/t24-,25-/m1/s1. The molecule has 3 amide bonds. The third-order valence-electron chi connectivity index (χ3n) is 8.38. The summed E-state index contributed by atoms with van der Waals surface area (Å²) in [5, 5.41) is 3.07. The van der Waals surface area contributed by atoms with Crippen LogP contribution >= 0.6 is 0 Å². The third kappa shape index (κ3) is 9.76. The minimum atomic E-state index is -0.514. The van der Waals surface area contributed by atoms with E-state index in [9.17, 15) is 19.2 Å². The highest BCUT2D eigenvalue weighted by atomic mass is 16.7. The number of piperidine rings is 2. The number of rotatable bonds is 10. The molecule has 2 fully saturated rings. The van der Waals surface area contributed by atoms with E-state index in [1.54, 1.807) is 4.90 Å². The van der Waals surface area contributed by atoms with Gasteiger partial charge in [0.25, 0.3) is 0 Å². The van der Waals surface area contributed by atoms with E-state index in [2.05, 4.69) is 5.32 Å². The number of methoxy groups -OCH3 is 1. The molecule has 3 heterocycles. The molecule has 238 valence electrons. The van der Waals surface area contributed by atoms with E-state index in [4.69, 9.17) is 18.9 Å². The van der Waals surface area contributed by atoms with Crippen LogP contribution in [0.1, 0.15) is 77.7 Å². The first-order valence-electron chi connectivity index (χ1n) is 15.5. The van der Waals surface area contributed by atoms with Crippen molar-refractivity contribution >= 4 is 23.9 Å². The van der Waals surface area contributed by atoms with Gasteiger partial charge in [0.1, 0.15) is 5.60 Å². The SMILES string of the molecule is COC(=O)C[C@@H](CCc1ccc2c(c1)OCO2)NC(=O)[C@@H]1CCCN(C(=O)CCC2CCN(C(=O)OC(C)(C)C)CC2)C1. The Hall–Kier alpha value is -3.50. The van der Waals surface area contributed by atoms with Gasteiger partial charge < -0.3 is 34.1 Å². The van der Waals surface area contributed by atoms with Crippen LogP contribution in [0.15, 0.2) is 18.2 Å². The summed E-state index contributed by atoms with van der Waals surface area (Å²) in [5.41, 5.74) is 0.512. The summed E-state index contributed by atoms with van der Waals surface area (Å²) >= 11 is 0. The predicted octanol–water partition coefficient (Wildman–Crippen LogP) is 4.06. The smallest absolute Gasteiger partial charge is 0.410 e. The summed E-state index contributed by atoms with van der Waals surface area (Å²) in [6, 6.07) is 5.36. The predicted molar refractivity (Wildman–Crippen MR) is 159 cm³/mol. The van der Waals surface area contributed by atoms with Gasteiger partial charge in [0.15, 0.2) is 11.5 Å². The first kappa shape index (κ1) is 32.4. The van der Waals surface area contributed by atoms with E-state index in [1.807, 2.05) is 43.9 Å². The number of esters is 1. The highest BCUT2D eigenvalue weighted by Gasteiger charge is 2.31. The van der Waals surface area contributed by atoms with Crippen LogP contribution in [0.25, 0.3) is 0 Å². The van der Waals surface area contributed by atoms with Gasteiger partial charge in [-0.15, -0.1) is 0 Å². The number of hydrogen-bond acceptors (Lipinski definition) is 8. The highest BCUT2D eigenvalue weighted by Crippen LogP contribution is 2.33. The van der Waals surface area contributed by atoms with Gasteiger partial charge in [0, 0.05) is 38.6 Å². The van der Waals surface area contributed by atoms with Crippen molar-refractivity contribution < 1.29 is 38.1 Å². The molecular formula is C32H47N3O8. The summed E-state index contributed by atoms with van der Waals surface area (Å²) in [7, 11) is 1.34. The minimum Gasteiger partial charge on any atom is -0.469 e. The summed E-state index contributed by atoms with van der Waals surface area (Å²) in [6.45, 7) is 8.10. The number of carbonyl (C=O) groups excluding carboxylic acids is 4. The van der Waals surface area contributed by atoms with Gasteiger partial charge in [0.05, 0.1) is 19.4 Å². The molecule has 2 saturated heterocycles. The fraction of sp³-hybridized carbons (Fsp3) is 0.688. The molecule has 0 bridgehead atoms. The van der Waals surface area contributed by atoms with Crippen LogP contribution in [0.4, 0.5) is 4.79 Å². The third-order valence-corrected chi connectivity index (χ3v) is 8.38. The molecule has 0 saturated carbocycles. The Bertz CT molecular complexity index is 1140. The Morgan fingerprint density at radius 3 is 2.49 bits per heavy atom. The summed E-state index contributed by atoms with van der Waals surface area (Å²) in [4.78, 5) is 54.4. The number of amides is 3. The van der Waals surface area contributed by atoms with E-state index < -0.39 is 5.60 Å². The maximum absolute atomic E-state index is 13.3. The van der Waals surface area contributed by atoms with Crippen molar-refractivity contribution in [3.63, 3.8) is 0 Å². The largest absolute Gasteiger partial charge is 0.469 e. The molecule has 3 aliphatic rings. The normalized spacial score (nSPS) is 19.5. The van der Waals surface area contributed by atoms with Gasteiger partial charge in [-0.25, -0.2) is 4.79 Å². The Balaban J connectivity index is 1.22. The van der Waals surface area contributed by atoms with E-state index in [0.29, 0.717) is 69.3 Å². The van der Waals surface area contributed by atoms with Gasteiger partial charge in [-0.05, 0) is 89.3 Å². The minimum absolute atomic E-state index is 0.0704. The van der Waals surface area contributed by atoms with Crippen LogP contribution in [0.2, 0.25) is 0 Å². The molecule has 3 aliphatic heterocycles. The lowest BCUT2D eigenvalue weighted by atomic mass is 9.91. The molecule has 0 unspecified atom stereocenters. The average Bonchev–Trinajstić information content (AvgIpc) is 3.46. The number of carbonyl (C=O) groups is 4. The van der Waals surface area contributed by atoms with E-state index >= 15 is 0 Å². The summed E-state index contributed by atoms with van der Waals surface area (Å²) < 4.78 is 21.2. The van der Waals surface area contributed by atoms with Gasteiger partial charge in [0.2, 0.25) is 18.6 Å². The van der Waals surface area contributed by atoms with Crippen LogP contribution in [0.5, 0.6) is 11.5 Å². The first-order valence-corrected chi connectivity index (χ1v) is 15.5. The maximum Gasteiger partial charge on any atom is 0.410 e. The number of nitrogens with zero attached hydrogens (tertiary/aromatic N) is 2. The number of aryl methyl sites for hydroxylation is 1. The second-order valence-corrected chi connectivity index (χ2v) is 12.8. The molecule has 0 radical (unpaired) electrons. The van der Waals surface area contributed by atoms with Gasteiger partial charge in [-0.2, -0.15) is 0 Å². The Morgan fingerprint density at radius 1 is 1.02 bits per heavy atom.